The van der Waals surface area contributed by atoms with Gasteiger partial charge in [0.15, 0.2) is 0 Å². The zero-order chi connectivity index (χ0) is 18.9. The number of allylic oxidation sites excluding steroid dienone is 4. The van der Waals surface area contributed by atoms with Crippen LogP contribution in [0, 0.1) is 28.6 Å². The average Bonchev–Trinajstić information content (AvgIpc) is 2.83. The molecule has 0 amide bonds. The minimum Gasteiger partial charge on any atom is -0.396 e. The molecule has 4 rings (SSSR count). The summed E-state index contributed by atoms with van der Waals surface area (Å²) in [6, 6.07) is 0. The van der Waals surface area contributed by atoms with Crippen LogP contribution in [0.3, 0.4) is 0 Å². The van der Waals surface area contributed by atoms with Gasteiger partial charge in [-0.25, -0.2) is 4.39 Å². The van der Waals surface area contributed by atoms with E-state index in [0.29, 0.717) is 31.3 Å². The highest BCUT2D eigenvalue weighted by molar-refractivity contribution is 6.21. The van der Waals surface area contributed by atoms with E-state index < -0.39 is 34.1 Å². The number of hydrogen-bond acceptors (Lipinski definition) is 3. The summed E-state index contributed by atoms with van der Waals surface area (Å²) in [6.45, 7) is 3.94. The summed E-state index contributed by atoms with van der Waals surface area (Å²) in [7, 11) is 0. The van der Waals surface area contributed by atoms with Crippen LogP contribution in [0.5, 0.6) is 0 Å². The van der Waals surface area contributed by atoms with Crippen molar-refractivity contribution in [2.24, 2.45) is 28.6 Å². The Hall–Kier alpha value is -0.420. The number of hydrogen-bond donors (Lipinski definition) is 3. The van der Waals surface area contributed by atoms with E-state index in [1.807, 2.05) is 19.9 Å². The van der Waals surface area contributed by atoms with Crippen LogP contribution in [0.15, 0.2) is 23.8 Å². The Labute approximate surface area is 159 Å². The van der Waals surface area contributed by atoms with E-state index >= 15 is 4.39 Å². The second-order valence-electron chi connectivity index (χ2n) is 9.37. The monoisotopic (exact) mass is 384 g/mol. The van der Waals surface area contributed by atoms with E-state index in [4.69, 9.17) is 11.6 Å². The maximum atomic E-state index is 15.4. The summed E-state index contributed by atoms with van der Waals surface area (Å²) in [5.74, 6) is -0.297. The SMILES string of the molecule is C[C@]12C=CCC=C1[C@H](F)[C@@H](Cl)[C@@H]1[C@@H]2[C@@H](O)C[C@@]2(C)[C@H]1CC[C@]2(O)CCO. The highest BCUT2D eigenvalue weighted by atomic mass is 35.5. The Kier molecular flexibility index (Phi) is 4.39. The highest BCUT2D eigenvalue weighted by Gasteiger charge is 2.68. The van der Waals surface area contributed by atoms with Crippen LogP contribution >= 0.6 is 11.6 Å². The molecule has 0 aliphatic heterocycles. The fourth-order valence-corrected chi connectivity index (χ4v) is 7.56. The van der Waals surface area contributed by atoms with Crippen LogP contribution in [0.1, 0.15) is 46.0 Å². The van der Waals surface area contributed by atoms with Gasteiger partial charge in [0.1, 0.15) is 6.17 Å². The molecule has 0 unspecified atom stereocenters. The lowest BCUT2D eigenvalue weighted by atomic mass is 9.46. The molecule has 0 aromatic rings. The van der Waals surface area contributed by atoms with E-state index in [1.54, 1.807) is 0 Å². The van der Waals surface area contributed by atoms with Gasteiger partial charge in [0, 0.05) is 23.4 Å². The molecule has 3 fully saturated rings. The number of halogens is 2. The van der Waals surface area contributed by atoms with Crippen molar-refractivity contribution in [1.29, 1.82) is 0 Å². The maximum absolute atomic E-state index is 15.4. The summed E-state index contributed by atoms with van der Waals surface area (Å²) in [6.07, 6.45) is 6.97. The quantitative estimate of drug-likeness (QED) is 0.505. The molecule has 0 radical (unpaired) electrons. The molecule has 3 nitrogen and oxygen atoms in total. The molecule has 0 bridgehead atoms. The second-order valence-corrected chi connectivity index (χ2v) is 9.87. The minimum atomic E-state index is -1.23. The second kappa shape index (κ2) is 6.04. The molecule has 0 aromatic heterocycles. The third-order valence-electron chi connectivity index (χ3n) is 8.40. The van der Waals surface area contributed by atoms with Crippen molar-refractivity contribution in [3.8, 4) is 0 Å². The van der Waals surface area contributed by atoms with Crippen LogP contribution in [-0.2, 0) is 0 Å². The molecule has 0 aromatic carbocycles. The fourth-order valence-electron chi connectivity index (χ4n) is 7.09. The Bertz CT molecular complexity index is 651. The zero-order valence-electron chi connectivity index (χ0n) is 15.5. The number of fused-ring (bicyclic) bond motifs is 5. The lowest BCUT2D eigenvalue weighted by Gasteiger charge is -2.61. The average molecular weight is 385 g/mol. The lowest BCUT2D eigenvalue weighted by molar-refractivity contribution is -0.171. The maximum Gasteiger partial charge on any atom is 0.139 e. The molecular formula is C21H30ClFO3. The van der Waals surface area contributed by atoms with Gasteiger partial charge in [0.05, 0.1) is 17.1 Å². The van der Waals surface area contributed by atoms with Crippen LogP contribution in [0.25, 0.3) is 0 Å². The Morgan fingerprint density at radius 3 is 2.77 bits per heavy atom. The first kappa shape index (κ1) is 18.9. The smallest absolute Gasteiger partial charge is 0.139 e. The third-order valence-corrected chi connectivity index (χ3v) is 8.91. The molecule has 0 heterocycles. The van der Waals surface area contributed by atoms with Crippen LogP contribution in [-0.4, -0.2) is 45.2 Å². The van der Waals surface area contributed by atoms with Crippen molar-refractivity contribution in [3.05, 3.63) is 23.8 Å². The highest BCUT2D eigenvalue weighted by Crippen LogP contribution is 2.68. The van der Waals surface area contributed by atoms with Gasteiger partial charge in [0.2, 0.25) is 0 Å². The standard InChI is InChI=1S/C21H30ClFO3/c1-19-7-4-3-5-13(19)18(23)17(22)15-12-6-8-21(26,9-10-24)20(12,2)11-14(25)16(15)19/h4-5,7,12,14-18,24-26H,3,6,8-11H2,1-2H3/t12-,14-,15-,16-,17-,18-,19-,20-,21-/m0/s1. The molecule has 26 heavy (non-hydrogen) atoms. The van der Waals surface area contributed by atoms with Gasteiger partial charge in [-0.15, -0.1) is 11.6 Å². The van der Waals surface area contributed by atoms with Crippen molar-refractivity contribution in [1.82, 2.24) is 0 Å². The zero-order valence-corrected chi connectivity index (χ0v) is 16.3. The topological polar surface area (TPSA) is 60.7 Å². The van der Waals surface area contributed by atoms with Gasteiger partial charge < -0.3 is 15.3 Å². The van der Waals surface area contributed by atoms with Gasteiger partial charge >= 0.3 is 0 Å². The number of rotatable bonds is 2. The molecule has 4 aliphatic rings. The Morgan fingerprint density at radius 1 is 1.35 bits per heavy atom. The Balaban J connectivity index is 1.80. The first-order valence-corrected chi connectivity index (χ1v) is 10.3. The van der Waals surface area contributed by atoms with Gasteiger partial charge in [-0.05, 0) is 49.5 Å². The summed E-state index contributed by atoms with van der Waals surface area (Å²) in [5, 5.41) is 31.2. The largest absolute Gasteiger partial charge is 0.396 e. The van der Waals surface area contributed by atoms with Gasteiger partial charge in [-0.1, -0.05) is 32.1 Å². The van der Waals surface area contributed by atoms with Crippen molar-refractivity contribution in [2.45, 2.75) is 69.2 Å². The van der Waals surface area contributed by atoms with E-state index in [2.05, 4.69) is 12.2 Å². The number of aliphatic hydroxyl groups excluding tert-OH is 2. The van der Waals surface area contributed by atoms with Crippen molar-refractivity contribution in [2.75, 3.05) is 6.61 Å². The lowest BCUT2D eigenvalue weighted by Crippen LogP contribution is -2.63. The first-order valence-electron chi connectivity index (χ1n) is 9.87. The molecular weight excluding hydrogens is 355 g/mol. The van der Waals surface area contributed by atoms with Crippen LogP contribution in [0.2, 0.25) is 0 Å². The van der Waals surface area contributed by atoms with Gasteiger partial charge in [0.25, 0.3) is 0 Å². The molecule has 0 spiro atoms. The summed E-state index contributed by atoms with van der Waals surface area (Å²) in [4.78, 5) is 0. The molecule has 146 valence electrons. The molecule has 4 aliphatic carbocycles. The first-order chi connectivity index (χ1) is 12.2. The summed E-state index contributed by atoms with van der Waals surface area (Å²) < 4.78 is 15.4. The predicted molar refractivity (Wildman–Crippen MR) is 99.6 cm³/mol. The molecule has 9 atom stereocenters. The fraction of sp³-hybridized carbons (Fsp3) is 0.810. The van der Waals surface area contributed by atoms with E-state index in [1.165, 1.54) is 0 Å². The van der Waals surface area contributed by atoms with Gasteiger partial charge in [-0.2, -0.15) is 0 Å². The minimum absolute atomic E-state index is 0.0434. The predicted octanol–water partition coefficient (Wildman–Crippen LogP) is 3.36. The van der Waals surface area contributed by atoms with Gasteiger partial charge in [-0.3, -0.25) is 0 Å². The van der Waals surface area contributed by atoms with E-state index in [0.717, 1.165) is 6.42 Å². The van der Waals surface area contributed by atoms with Crippen molar-refractivity contribution < 1.29 is 19.7 Å². The molecule has 3 saturated carbocycles. The summed E-state index contributed by atoms with van der Waals surface area (Å²) >= 11 is 6.70. The molecule has 0 saturated heterocycles. The van der Waals surface area contributed by atoms with Crippen molar-refractivity contribution >= 4 is 11.6 Å². The molecule has 5 heteroatoms. The van der Waals surface area contributed by atoms with E-state index in [-0.39, 0.29) is 24.4 Å². The Morgan fingerprint density at radius 2 is 2.08 bits per heavy atom. The van der Waals surface area contributed by atoms with E-state index in [9.17, 15) is 15.3 Å². The number of aliphatic hydroxyl groups is 3. The number of alkyl halides is 2. The van der Waals surface area contributed by atoms with Crippen LogP contribution < -0.4 is 0 Å². The van der Waals surface area contributed by atoms with Crippen molar-refractivity contribution in [3.63, 3.8) is 0 Å². The third kappa shape index (κ3) is 2.22. The summed E-state index contributed by atoms with van der Waals surface area (Å²) in [5.41, 5.74) is -1.39. The normalized spacial score (nSPS) is 55.7. The van der Waals surface area contributed by atoms with Crippen LogP contribution in [0.4, 0.5) is 4.39 Å². The molecule has 3 N–H and O–H groups in total.